The molecule has 0 spiro atoms. The summed E-state index contributed by atoms with van der Waals surface area (Å²) < 4.78 is 0. The van der Waals surface area contributed by atoms with Crippen molar-refractivity contribution in [3.05, 3.63) is 82.4 Å². The van der Waals surface area contributed by atoms with E-state index in [0.29, 0.717) is 12.0 Å². The second kappa shape index (κ2) is 7.61. The zero-order valence-corrected chi connectivity index (χ0v) is 17.9. The van der Waals surface area contributed by atoms with Crippen LogP contribution in [0.5, 0.6) is 0 Å². The van der Waals surface area contributed by atoms with Crippen LogP contribution >= 0.6 is 11.8 Å². The molecule has 0 unspecified atom stereocenters. The van der Waals surface area contributed by atoms with E-state index in [1.165, 1.54) is 10.5 Å². The molecule has 4 rings (SSSR count). The van der Waals surface area contributed by atoms with E-state index in [2.05, 4.69) is 12.1 Å². The van der Waals surface area contributed by atoms with Gasteiger partial charge in [0.2, 0.25) is 0 Å². The van der Waals surface area contributed by atoms with Crippen molar-refractivity contribution in [3.63, 3.8) is 0 Å². The maximum atomic E-state index is 12.1. The quantitative estimate of drug-likeness (QED) is 0.502. The Labute approximate surface area is 179 Å². The van der Waals surface area contributed by atoms with Gasteiger partial charge in [0.15, 0.2) is 0 Å². The molecular formula is C22H17NaO2S. The molecule has 0 aromatic heterocycles. The van der Waals surface area contributed by atoms with E-state index in [1.54, 1.807) is 11.8 Å². The molecule has 26 heavy (non-hydrogen) atoms. The fourth-order valence-corrected chi connectivity index (χ4v) is 4.55. The van der Waals surface area contributed by atoms with Crippen molar-refractivity contribution in [2.45, 2.75) is 30.1 Å². The molecule has 4 heteroatoms. The van der Waals surface area contributed by atoms with Crippen molar-refractivity contribution in [2.24, 2.45) is 0 Å². The molecule has 0 radical (unpaired) electrons. The molecule has 2 nitrogen and oxygen atoms in total. The zero-order chi connectivity index (χ0) is 17.6. The summed E-state index contributed by atoms with van der Waals surface area (Å²) in [4.78, 5) is 14.3. The minimum atomic E-state index is -1.10. The molecular weight excluding hydrogens is 351 g/mol. The number of hydrogen-bond donors (Lipinski definition) is 0. The summed E-state index contributed by atoms with van der Waals surface area (Å²) in [6.45, 7) is 4.08. The molecule has 0 N–H and O–H groups in total. The Hall–Kier alpha value is -1.52. The van der Waals surface area contributed by atoms with E-state index >= 15 is 0 Å². The van der Waals surface area contributed by atoms with Crippen LogP contribution in [0.25, 0.3) is 11.1 Å². The maximum absolute atomic E-state index is 12.1. The van der Waals surface area contributed by atoms with E-state index in [1.807, 2.05) is 56.3 Å². The van der Waals surface area contributed by atoms with Gasteiger partial charge in [0, 0.05) is 21.8 Å². The van der Waals surface area contributed by atoms with Gasteiger partial charge in [-0.25, -0.2) is 0 Å². The third-order valence-corrected chi connectivity index (χ3v) is 6.15. The summed E-state index contributed by atoms with van der Waals surface area (Å²) in [7, 11) is 0. The second-order valence-electron chi connectivity index (χ2n) is 6.39. The van der Waals surface area contributed by atoms with Crippen LogP contribution in [0.4, 0.5) is 0 Å². The molecule has 0 bridgehead atoms. The van der Waals surface area contributed by atoms with Gasteiger partial charge in [0.25, 0.3) is 0 Å². The molecule has 0 aliphatic carbocycles. The van der Waals surface area contributed by atoms with Gasteiger partial charge in [0.1, 0.15) is 0 Å². The molecule has 3 aromatic rings. The average Bonchev–Trinajstić information content (AvgIpc) is 2.61. The SMILES string of the molecule is Cc1cccc(-c2ccc3c(c2C(=O)[O-])Cc2ccccc2S3)c1C.[Na+]. The smallest absolute Gasteiger partial charge is 0.545 e. The summed E-state index contributed by atoms with van der Waals surface area (Å²) in [5.41, 5.74) is 6.33. The summed E-state index contributed by atoms with van der Waals surface area (Å²) in [5, 5.41) is 12.1. The number of hydrogen-bond acceptors (Lipinski definition) is 3. The Balaban J connectivity index is 0.00000196. The number of carboxylic acid groups (broad SMARTS) is 1. The van der Waals surface area contributed by atoms with E-state index < -0.39 is 5.97 Å². The molecule has 124 valence electrons. The molecule has 0 saturated heterocycles. The van der Waals surface area contributed by atoms with Gasteiger partial charge in [-0.2, -0.15) is 0 Å². The number of carbonyl (C=O) groups excluding carboxylic acids is 1. The molecule has 1 heterocycles. The largest absolute Gasteiger partial charge is 1.00 e. The Morgan fingerprint density at radius 2 is 1.69 bits per heavy atom. The van der Waals surface area contributed by atoms with Gasteiger partial charge < -0.3 is 9.90 Å². The summed E-state index contributed by atoms with van der Waals surface area (Å²) in [6, 6.07) is 18.1. The third kappa shape index (κ3) is 3.25. The first kappa shape index (κ1) is 19.2. The second-order valence-corrected chi connectivity index (χ2v) is 7.47. The van der Waals surface area contributed by atoms with Gasteiger partial charge in [-0.05, 0) is 59.4 Å². The van der Waals surface area contributed by atoms with Gasteiger partial charge in [0.05, 0.1) is 5.97 Å². The van der Waals surface area contributed by atoms with E-state index in [9.17, 15) is 9.90 Å². The fourth-order valence-electron chi connectivity index (χ4n) is 3.46. The maximum Gasteiger partial charge on any atom is 1.00 e. The van der Waals surface area contributed by atoms with Crippen molar-refractivity contribution < 1.29 is 39.5 Å². The minimum absolute atomic E-state index is 0. The van der Waals surface area contributed by atoms with Crippen LogP contribution in [0.1, 0.15) is 32.6 Å². The topological polar surface area (TPSA) is 40.1 Å². The zero-order valence-electron chi connectivity index (χ0n) is 15.1. The predicted octanol–water partition coefficient (Wildman–Crippen LogP) is 1.39. The molecule has 0 amide bonds. The van der Waals surface area contributed by atoms with Gasteiger partial charge in [-0.15, -0.1) is 0 Å². The van der Waals surface area contributed by atoms with Crippen LogP contribution in [-0.4, -0.2) is 5.97 Å². The Kier molecular flexibility index (Phi) is 5.64. The molecule has 3 aromatic carbocycles. The monoisotopic (exact) mass is 368 g/mol. The van der Waals surface area contributed by atoms with Crippen molar-refractivity contribution in [3.8, 4) is 11.1 Å². The number of aryl methyl sites for hydroxylation is 1. The normalized spacial score (nSPS) is 11.9. The van der Waals surface area contributed by atoms with Crippen LogP contribution in [0.15, 0.2) is 64.4 Å². The van der Waals surface area contributed by atoms with E-state index in [4.69, 9.17) is 0 Å². The van der Waals surface area contributed by atoms with Crippen LogP contribution < -0.4 is 34.7 Å². The van der Waals surface area contributed by atoms with E-state index in [-0.39, 0.29) is 29.6 Å². The van der Waals surface area contributed by atoms with Gasteiger partial charge in [-0.3, -0.25) is 0 Å². The van der Waals surface area contributed by atoms with Gasteiger partial charge >= 0.3 is 29.6 Å². The predicted molar refractivity (Wildman–Crippen MR) is 99.1 cm³/mol. The number of benzene rings is 3. The van der Waals surface area contributed by atoms with Crippen LogP contribution in [0.2, 0.25) is 0 Å². The number of aromatic carboxylic acids is 1. The molecule has 0 atom stereocenters. The van der Waals surface area contributed by atoms with Crippen molar-refractivity contribution in [1.82, 2.24) is 0 Å². The number of rotatable bonds is 2. The van der Waals surface area contributed by atoms with Crippen molar-refractivity contribution in [1.29, 1.82) is 0 Å². The Morgan fingerprint density at radius 1 is 0.923 bits per heavy atom. The standard InChI is InChI=1S/C22H18O2S.Na/c1-13-6-5-8-16(14(13)2)17-10-11-20-18(21(17)22(23)24)12-15-7-3-4-9-19(15)25-20;/h3-11H,12H2,1-2H3,(H,23,24);/q;+1/p-1. The van der Waals surface area contributed by atoms with Crippen molar-refractivity contribution >= 4 is 17.7 Å². The average molecular weight is 368 g/mol. The first-order valence-corrected chi connectivity index (χ1v) is 9.07. The first-order chi connectivity index (χ1) is 12.1. The number of fused-ring (bicyclic) bond motifs is 2. The first-order valence-electron chi connectivity index (χ1n) is 8.26. The number of carbonyl (C=O) groups is 1. The van der Waals surface area contributed by atoms with Crippen molar-refractivity contribution in [2.75, 3.05) is 0 Å². The summed E-state index contributed by atoms with van der Waals surface area (Å²) in [6.07, 6.45) is 0.626. The van der Waals surface area contributed by atoms with Gasteiger partial charge in [-0.1, -0.05) is 54.2 Å². The third-order valence-electron chi connectivity index (χ3n) is 4.93. The minimum Gasteiger partial charge on any atom is -0.545 e. The fraction of sp³-hybridized carbons (Fsp3) is 0.136. The summed E-state index contributed by atoms with van der Waals surface area (Å²) >= 11 is 1.63. The van der Waals surface area contributed by atoms with E-state index in [0.717, 1.165) is 32.7 Å². The summed E-state index contributed by atoms with van der Waals surface area (Å²) in [5.74, 6) is -1.10. The Bertz CT molecular complexity index is 1010. The molecule has 1 aliphatic rings. The van der Waals surface area contributed by atoms with Crippen LogP contribution in [-0.2, 0) is 6.42 Å². The number of carboxylic acids is 1. The molecule has 1 aliphatic heterocycles. The molecule has 0 saturated carbocycles. The van der Waals surface area contributed by atoms with Crippen LogP contribution in [0.3, 0.4) is 0 Å². The Morgan fingerprint density at radius 3 is 2.46 bits per heavy atom. The molecule has 0 fully saturated rings. The van der Waals surface area contributed by atoms with Crippen LogP contribution in [0, 0.1) is 13.8 Å².